The molecule has 0 aliphatic carbocycles. The summed E-state index contributed by atoms with van der Waals surface area (Å²) in [6, 6.07) is 5.67. The van der Waals surface area contributed by atoms with Crippen LogP contribution in [0.4, 0.5) is 10.5 Å². The molecule has 1 aromatic rings. The number of para-hydroxylation sites is 1. The maximum Gasteiger partial charge on any atom is 0.319 e. The van der Waals surface area contributed by atoms with Gasteiger partial charge in [0.05, 0.1) is 23.2 Å². The summed E-state index contributed by atoms with van der Waals surface area (Å²) in [6.45, 7) is 4.71. The topological polar surface area (TPSA) is 87.7 Å². The third kappa shape index (κ3) is 5.36. The van der Waals surface area contributed by atoms with Crippen molar-refractivity contribution in [3.8, 4) is 0 Å². The molecule has 26 heavy (non-hydrogen) atoms. The molecule has 8 heteroatoms. The van der Waals surface area contributed by atoms with Crippen molar-refractivity contribution in [2.45, 2.75) is 32.7 Å². The van der Waals surface area contributed by atoms with E-state index in [0.29, 0.717) is 43.2 Å². The van der Waals surface area contributed by atoms with Crippen LogP contribution in [0.15, 0.2) is 24.3 Å². The SMILES string of the molecule is CCOC(=O)C1CCN(C(=O)[C@@H](C)NC(=O)Nc2ccccc2Cl)CC1. The summed E-state index contributed by atoms with van der Waals surface area (Å²) in [7, 11) is 0. The molecule has 1 aromatic carbocycles. The number of hydrogen-bond donors (Lipinski definition) is 2. The average Bonchev–Trinajstić information content (AvgIpc) is 2.63. The van der Waals surface area contributed by atoms with Gasteiger partial charge in [-0.15, -0.1) is 0 Å². The Bertz CT molecular complexity index is 660. The minimum absolute atomic E-state index is 0.161. The highest BCUT2D eigenvalue weighted by atomic mass is 35.5. The Balaban J connectivity index is 1.81. The van der Waals surface area contributed by atoms with Crippen LogP contribution in [0.3, 0.4) is 0 Å². The number of nitrogens with zero attached hydrogens (tertiary/aromatic N) is 1. The zero-order valence-corrected chi connectivity index (χ0v) is 15.7. The Labute approximate surface area is 158 Å². The number of carbonyl (C=O) groups excluding carboxylic acids is 3. The lowest BCUT2D eigenvalue weighted by molar-refractivity contribution is -0.151. The third-order valence-electron chi connectivity index (χ3n) is 4.27. The maximum atomic E-state index is 12.5. The number of benzene rings is 1. The van der Waals surface area contributed by atoms with E-state index in [2.05, 4.69) is 10.6 Å². The predicted molar refractivity (Wildman–Crippen MR) is 99.0 cm³/mol. The second kappa shape index (κ2) is 9.43. The zero-order chi connectivity index (χ0) is 19.1. The van der Waals surface area contributed by atoms with E-state index in [4.69, 9.17) is 16.3 Å². The molecule has 1 aliphatic rings. The highest BCUT2D eigenvalue weighted by Crippen LogP contribution is 2.21. The van der Waals surface area contributed by atoms with E-state index in [1.54, 1.807) is 43.0 Å². The van der Waals surface area contributed by atoms with Crippen molar-refractivity contribution in [1.29, 1.82) is 0 Å². The molecule has 0 spiro atoms. The summed E-state index contributed by atoms with van der Waals surface area (Å²) in [5.41, 5.74) is 0.474. The Morgan fingerprint density at radius 1 is 1.27 bits per heavy atom. The number of halogens is 1. The molecule has 7 nitrogen and oxygen atoms in total. The van der Waals surface area contributed by atoms with Crippen LogP contribution in [0.5, 0.6) is 0 Å². The number of piperidine rings is 1. The van der Waals surface area contributed by atoms with Crippen LogP contribution in [0.2, 0.25) is 5.02 Å². The second-order valence-electron chi connectivity index (χ2n) is 6.15. The minimum Gasteiger partial charge on any atom is -0.466 e. The fraction of sp³-hybridized carbons (Fsp3) is 0.500. The average molecular weight is 382 g/mol. The number of anilines is 1. The first-order valence-corrected chi connectivity index (χ1v) is 9.07. The number of ether oxygens (including phenoxy) is 1. The Morgan fingerprint density at radius 3 is 2.54 bits per heavy atom. The highest BCUT2D eigenvalue weighted by Gasteiger charge is 2.30. The lowest BCUT2D eigenvalue weighted by atomic mass is 9.96. The number of nitrogens with one attached hydrogen (secondary N) is 2. The number of esters is 1. The number of likely N-dealkylation sites (tertiary alicyclic amines) is 1. The van der Waals surface area contributed by atoms with Gasteiger partial charge in [-0.1, -0.05) is 23.7 Å². The third-order valence-corrected chi connectivity index (χ3v) is 4.60. The standard InChI is InChI=1S/C18H24ClN3O4/c1-3-26-17(24)13-8-10-22(11-9-13)16(23)12(2)20-18(25)21-15-7-5-4-6-14(15)19/h4-7,12-13H,3,8-11H2,1-2H3,(H2,20,21,25)/t12-/m1/s1. The Morgan fingerprint density at radius 2 is 1.92 bits per heavy atom. The molecule has 142 valence electrons. The van der Waals surface area contributed by atoms with Crippen LogP contribution in [-0.2, 0) is 14.3 Å². The van der Waals surface area contributed by atoms with E-state index < -0.39 is 12.1 Å². The van der Waals surface area contributed by atoms with Gasteiger partial charge in [-0.25, -0.2) is 4.79 Å². The molecular formula is C18H24ClN3O4. The summed E-state index contributed by atoms with van der Waals surface area (Å²) < 4.78 is 5.02. The van der Waals surface area contributed by atoms with Crippen LogP contribution in [0.25, 0.3) is 0 Å². The van der Waals surface area contributed by atoms with Crippen LogP contribution in [0.1, 0.15) is 26.7 Å². The lowest BCUT2D eigenvalue weighted by Crippen LogP contribution is -2.50. The molecule has 3 amide bonds. The monoisotopic (exact) mass is 381 g/mol. The largest absolute Gasteiger partial charge is 0.466 e. The fourth-order valence-corrected chi connectivity index (χ4v) is 3.03. The van der Waals surface area contributed by atoms with Crippen LogP contribution >= 0.6 is 11.6 Å². The van der Waals surface area contributed by atoms with Gasteiger partial charge in [0.15, 0.2) is 0 Å². The first kappa shape index (κ1) is 20.0. The van der Waals surface area contributed by atoms with Gasteiger partial charge < -0.3 is 20.3 Å². The van der Waals surface area contributed by atoms with E-state index in [9.17, 15) is 14.4 Å². The van der Waals surface area contributed by atoms with Crippen molar-refractivity contribution in [2.24, 2.45) is 5.92 Å². The van der Waals surface area contributed by atoms with Crippen molar-refractivity contribution in [2.75, 3.05) is 25.0 Å². The predicted octanol–water partition coefficient (Wildman–Crippen LogP) is 2.65. The molecule has 0 saturated carbocycles. The zero-order valence-electron chi connectivity index (χ0n) is 15.0. The molecule has 2 rings (SSSR count). The van der Waals surface area contributed by atoms with E-state index >= 15 is 0 Å². The molecule has 0 unspecified atom stereocenters. The molecule has 0 radical (unpaired) electrons. The lowest BCUT2D eigenvalue weighted by Gasteiger charge is -2.32. The normalized spacial score (nSPS) is 15.9. The minimum atomic E-state index is -0.684. The molecule has 1 aliphatic heterocycles. The van der Waals surface area contributed by atoms with Gasteiger partial charge in [0, 0.05) is 13.1 Å². The van der Waals surface area contributed by atoms with Gasteiger partial charge in [0.2, 0.25) is 5.91 Å². The molecule has 0 aromatic heterocycles. The van der Waals surface area contributed by atoms with Crippen LogP contribution in [-0.4, -0.2) is 48.5 Å². The van der Waals surface area contributed by atoms with Gasteiger partial charge in [0.25, 0.3) is 0 Å². The summed E-state index contributed by atoms with van der Waals surface area (Å²) in [5.74, 6) is -0.544. The summed E-state index contributed by atoms with van der Waals surface area (Å²) in [5, 5.41) is 5.66. The first-order valence-electron chi connectivity index (χ1n) is 8.69. The van der Waals surface area contributed by atoms with Gasteiger partial charge in [-0.2, -0.15) is 0 Å². The molecular weight excluding hydrogens is 358 g/mol. The quantitative estimate of drug-likeness (QED) is 0.767. The molecule has 1 heterocycles. The number of rotatable bonds is 5. The Kier molecular flexibility index (Phi) is 7.26. The van der Waals surface area contributed by atoms with Gasteiger partial charge in [-0.05, 0) is 38.8 Å². The van der Waals surface area contributed by atoms with Gasteiger partial charge in [0.1, 0.15) is 6.04 Å². The second-order valence-corrected chi connectivity index (χ2v) is 6.56. The first-order chi connectivity index (χ1) is 12.4. The molecule has 1 saturated heterocycles. The molecule has 1 atom stereocenters. The molecule has 1 fully saturated rings. The van der Waals surface area contributed by atoms with E-state index in [1.807, 2.05) is 0 Å². The number of hydrogen-bond acceptors (Lipinski definition) is 4. The van der Waals surface area contributed by atoms with Crippen molar-refractivity contribution < 1.29 is 19.1 Å². The maximum absolute atomic E-state index is 12.5. The summed E-state index contributed by atoms with van der Waals surface area (Å²) in [6.07, 6.45) is 1.15. The Hall–Kier alpha value is -2.28. The number of urea groups is 1. The molecule has 0 bridgehead atoms. The van der Waals surface area contributed by atoms with E-state index in [0.717, 1.165) is 0 Å². The van der Waals surface area contributed by atoms with Crippen LogP contribution < -0.4 is 10.6 Å². The highest BCUT2D eigenvalue weighted by molar-refractivity contribution is 6.33. The molecule has 2 N–H and O–H groups in total. The van der Waals surface area contributed by atoms with Crippen molar-refractivity contribution in [3.05, 3.63) is 29.3 Å². The van der Waals surface area contributed by atoms with Gasteiger partial charge >= 0.3 is 12.0 Å². The van der Waals surface area contributed by atoms with E-state index in [-0.39, 0.29) is 17.8 Å². The van der Waals surface area contributed by atoms with Crippen LogP contribution in [0, 0.1) is 5.92 Å². The van der Waals surface area contributed by atoms with Crippen molar-refractivity contribution >= 4 is 35.2 Å². The number of carbonyl (C=O) groups is 3. The number of amides is 3. The van der Waals surface area contributed by atoms with Crippen molar-refractivity contribution in [1.82, 2.24) is 10.2 Å². The van der Waals surface area contributed by atoms with Crippen molar-refractivity contribution in [3.63, 3.8) is 0 Å². The fourth-order valence-electron chi connectivity index (χ4n) is 2.85. The van der Waals surface area contributed by atoms with Gasteiger partial charge in [-0.3, -0.25) is 9.59 Å². The smallest absolute Gasteiger partial charge is 0.319 e. The summed E-state index contributed by atoms with van der Waals surface area (Å²) in [4.78, 5) is 38.0. The summed E-state index contributed by atoms with van der Waals surface area (Å²) >= 11 is 6.00. The van der Waals surface area contributed by atoms with E-state index in [1.165, 1.54) is 0 Å².